The van der Waals surface area contributed by atoms with Gasteiger partial charge in [0.25, 0.3) is 6.29 Å². The minimum absolute atomic E-state index is 0.0582. The molecule has 0 amide bonds. The minimum atomic E-state index is -0.917. The summed E-state index contributed by atoms with van der Waals surface area (Å²) < 4.78 is 10.8. The normalized spacial score (nSPS) is 17.9. The molecule has 0 aromatic heterocycles. The van der Waals surface area contributed by atoms with Gasteiger partial charge in [-0.25, -0.2) is 0 Å². The fourth-order valence-electron chi connectivity index (χ4n) is 1.59. The Labute approximate surface area is 98.8 Å². The van der Waals surface area contributed by atoms with Crippen molar-refractivity contribution in [3.8, 4) is 5.75 Å². The van der Waals surface area contributed by atoms with E-state index < -0.39 is 11.2 Å². The molecule has 0 aliphatic carbocycles. The molecule has 1 aromatic carbocycles. The second-order valence-electron chi connectivity index (χ2n) is 3.68. The minimum Gasteiger partial charge on any atom is -0.453 e. The molecular weight excluding hydrogens is 222 g/mol. The molecule has 0 radical (unpaired) electrons. The highest BCUT2D eigenvalue weighted by atomic mass is 16.7. The maximum absolute atomic E-state index is 10.9. The highest BCUT2D eigenvalue weighted by molar-refractivity contribution is 5.61. The van der Waals surface area contributed by atoms with Crippen molar-refractivity contribution >= 4 is 6.08 Å². The quantitative estimate of drug-likeness (QED) is 0.594. The molecule has 1 aromatic rings. The van der Waals surface area contributed by atoms with E-state index in [0.717, 1.165) is 6.42 Å². The molecule has 1 unspecified atom stereocenters. The largest absolute Gasteiger partial charge is 0.453 e. The smallest absolute Gasteiger partial charge is 0.315 e. The molecule has 90 valence electrons. The van der Waals surface area contributed by atoms with E-state index in [1.165, 1.54) is 6.08 Å². The Balaban J connectivity index is 2.29. The maximum atomic E-state index is 10.9. The van der Waals surface area contributed by atoms with Crippen molar-refractivity contribution in [2.45, 2.75) is 19.6 Å². The number of fused-ring (bicyclic) bond motifs is 1. The zero-order valence-electron chi connectivity index (χ0n) is 9.46. The topological polar surface area (TPSA) is 61.6 Å². The predicted molar refractivity (Wildman–Crippen MR) is 62.1 cm³/mol. The summed E-state index contributed by atoms with van der Waals surface area (Å²) in [7, 11) is 0. The highest BCUT2D eigenvalue weighted by Gasteiger charge is 2.32. The van der Waals surface area contributed by atoms with Gasteiger partial charge in [0.1, 0.15) is 5.75 Å². The zero-order valence-corrected chi connectivity index (χ0v) is 9.46. The molecule has 1 heterocycles. The molecule has 1 aliphatic heterocycles. The highest BCUT2D eigenvalue weighted by Crippen LogP contribution is 2.29. The Morgan fingerprint density at radius 3 is 2.94 bits per heavy atom. The Bertz CT molecular complexity index is 456. The molecule has 2 rings (SSSR count). The van der Waals surface area contributed by atoms with Crippen molar-refractivity contribution in [1.29, 1.82) is 0 Å². The summed E-state index contributed by atoms with van der Waals surface area (Å²) in [6.07, 6.45) is 1.37. The lowest BCUT2D eigenvalue weighted by Gasteiger charge is -2.21. The van der Waals surface area contributed by atoms with Gasteiger partial charge in [0.15, 0.2) is 0 Å². The van der Waals surface area contributed by atoms with Gasteiger partial charge in [0, 0.05) is 11.6 Å². The number of nitrogens with zero attached hydrogens (tertiary/aromatic N) is 1. The van der Waals surface area contributed by atoms with Gasteiger partial charge in [0.2, 0.25) is 0 Å². The van der Waals surface area contributed by atoms with Crippen molar-refractivity contribution in [2.24, 2.45) is 0 Å². The van der Waals surface area contributed by atoms with Gasteiger partial charge < -0.3 is 9.47 Å². The van der Waals surface area contributed by atoms with Crippen LogP contribution in [0.2, 0.25) is 0 Å². The fraction of sp³-hybridized carbons (Fsp3) is 0.333. The first kappa shape index (κ1) is 11.6. The van der Waals surface area contributed by atoms with Crippen LogP contribution in [0.5, 0.6) is 5.75 Å². The number of hydrogen-bond donors (Lipinski definition) is 0. The Kier molecular flexibility index (Phi) is 3.39. The van der Waals surface area contributed by atoms with Crippen LogP contribution in [0.15, 0.2) is 30.0 Å². The summed E-state index contributed by atoms with van der Waals surface area (Å²) in [5.74, 6) is 0.610. The summed E-state index contributed by atoms with van der Waals surface area (Å²) in [6, 6.07) is 7.17. The first-order valence-electron chi connectivity index (χ1n) is 5.45. The molecule has 0 saturated heterocycles. The molecule has 0 bridgehead atoms. The SMILES string of the molecule is CCCOC1Oc2ccccc2C=C1[N+](=O)[O-]. The second kappa shape index (κ2) is 4.97. The lowest BCUT2D eigenvalue weighted by Crippen LogP contribution is -2.30. The van der Waals surface area contributed by atoms with Gasteiger partial charge in [-0.05, 0) is 12.5 Å². The van der Waals surface area contributed by atoms with Gasteiger partial charge in [-0.3, -0.25) is 10.1 Å². The lowest BCUT2D eigenvalue weighted by molar-refractivity contribution is -0.444. The van der Waals surface area contributed by atoms with Gasteiger partial charge >= 0.3 is 5.70 Å². The van der Waals surface area contributed by atoms with Crippen molar-refractivity contribution in [3.05, 3.63) is 45.6 Å². The van der Waals surface area contributed by atoms with Crippen molar-refractivity contribution in [1.82, 2.24) is 0 Å². The maximum Gasteiger partial charge on any atom is 0.315 e. The van der Waals surface area contributed by atoms with E-state index in [4.69, 9.17) is 9.47 Å². The molecular formula is C12H13NO4. The summed E-state index contributed by atoms with van der Waals surface area (Å²) in [4.78, 5) is 10.5. The third kappa shape index (κ3) is 2.45. The van der Waals surface area contributed by atoms with Crippen LogP contribution in [0.4, 0.5) is 0 Å². The average molecular weight is 235 g/mol. The van der Waals surface area contributed by atoms with Crippen molar-refractivity contribution < 1.29 is 14.4 Å². The van der Waals surface area contributed by atoms with Gasteiger partial charge in [-0.15, -0.1) is 0 Å². The molecule has 0 spiro atoms. The van der Waals surface area contributed by atoms with E-state index >= 15 is 0 Å². The number of nitro groups is 1. The lowest BCUT2D eigenvalue weighted by atomic mass is 10.1. The molecule has 1 aliphatic rings. The number of hydrogen-bond acceptors (Lipinski definition) is 4. The second-order valence-corrected chi connectivity index (χ2v) is 3.68. The van der Waals surface area contributed by atoms with E-state index in [1.54, 1.807) is 12.1 Å². The van der Waals surface area contributed by atoms with E-state index in [-0.39, 0.29) is 5.70 Å². The van der Waals surface area contributed by atoms with Crippen LogP contribution in [0.1, 0.15) is 18.9 Å². The van der Waals surface area contributed by atoms with Crippen LogP contribution in [0.25, 0.3) is 6.08 Å². The molecule has 0 N–H and O–H groups in total. The number of para-hydroxylation sites is 1. The van der Waals surface area contributed by atoms with Crippen LogP contribution in [-0.4, -0.2) is 17.8 Å². The fourth-order valence-corrected chi connectivity index (χ4v) is 1.59. The van der Waals surface area contributed by atoms with Gasteiger partial charge in [0.05, 0.1) is 11.5 Å². The summed E-state index contributed by atoms with van der Waals surface area (Å²) >= 11 is 0. The molecule has 0 fully saturated rings. The number of ether oxygens (including phenoxy) is 2. The standard InChI is InChI=1S/C12H13NO4/c1-2-7-16-12-10(13(14)15)8-9-5-3-4-6-11(9)17-12/h3-6,8,12H,2,7H2,1H3. The van der Waals surface area contributed by atoms with Crippen LogP contribution >= 0.6 is 0 Å². The molecule has 1 atom stereocenters. The Morgan fingerprint density at radius 2 is 2.24 bits per heavy atom. The first-order valence-corrected chi connectivity index (χ1v) is 5.45. The van der Waals surface area contributed by atoms with E-state index in [1.807, 2.05) is 19.1 Å². The Morgan fingerprint density at radius 1 is 1.47 bits per heavy atom. The number of rotatable bonds is 4. The third-order valence-corrected chi connectivity index (χ3v) is 2.38. The molecule has 17 heavy (non-hydrogen) atoms. The van der Waals surface area contributed by atoms with E-state index in [0.29, 0.717) is 17.9 Å². The zero-order chi connectivity index (χ0) is 12.3. The molecule has 0 saturated carbocycles. The van der Waals surface area contributed by atoms with E-state index in [2.05, 4.69) is 0 Å². The van der Waals surface area contributed by atoms with Crippen molar-refractivity contribution in [2.75, 3.05) is 6.61 Å². The van der Waals surface area contributed by atoms with Gasteiger partial charge in [-0.1, -0.05) is 25.1 Å². The Hall–Kier alpha value is -1.88. The average Bonchev–Trinajstić information content (AvgIpc) is 2.35. The van der Waals surface area contributed by atoms with E-state index in [9.17, 15) is 10.1 Å². The first-order chi connectivity index (χ1) is 8.22. The monoisotopic (exact) mass is 235 g/mol. The number of benzene rings is 1. The van der Waals surface area contributed by atoms with Crippen LogP contribution in [-0.2, 0) is 4.74 Å². The summed E-state index contributed by atoms with van der Waals surface area (Å²) in [6.45, 7) is 2.37. The molecule has 5 heteroatoms. The molecule has 5 nitrogen and oxygen atoms in total. The van der Waals surface area contributed by atoms with Crippen molar-refractivity contribution in [3.63, 3.8) is 0 Å². The summed E-state index contributed by atoms with van der Waals surface area (Å²) in [5.41, 5.74) is 0.646. The van der Waals surface area contributed by atoms with Gasteiger partial charge in [-0.2, -0.15) is 0 Å². The van der Waals surface area contributed by atoms with Crippen LogP contribution in [0.3, 0.4) is 0 Å². The predicted octanol–water partition coefficient (Wildman–Crippen LogP) is 2.45. The van der Waals surface area contributed by atoms with Crippen LogP contribution in [0, 0.1) is 10.1 Å². The van der Waals surface area contributed by atoms with Crippen LogP contribution < -0.4 is 4.74 Å². The third-order valence-electron chi connectivity index (χ3n) is 2.38. The summed E-state index contributed by atoms with van der Waals surface area (Å²) in [5, 5.41) is 10.9.